The van der Waals surface area contributed by atoms with Gasteiger partial charge in [0.1, 0.15) is 16.3 Å². The molecule has 5 rings (SSSR count). The molecule has 0 bridgehead atoms. The van der Waals surface area contributed by atoms with Crippen molar-refractivity contribution in [2.75, 3.05) is 0 Å². The van der Waals surface area contributed by atoms with Gasteiger partial charge in [-0.3, -0.25) is 4.79 Å². The molecule has 29 heavy (non-hydrogen) atoms. The van der Waals surface area contributed by atoms with E-state index in [0.29, 0.717) is 14.8 Å². The highest BCUT2D eigenvalue weighted by Crippen LogP contribution is 2.38. The quantitative estimate of drug-likeness (QED) is 0.185. The molecule has 0 saturated carbocycles. The van der Waals surface area contributed by atoms with Crippen LogP contribution in [0.25, 0.3) is 32.3 Å². The summed E-state index contributed by atoms with van der Waals surface area (Å²) >= 11 is 4.23. The molecule has 2 aromatic carbocycles. The first-order chi connectivity index (χ1) is 14.1. The van der Waals surface area contributed by atoms with Crippen LogP contribution >= 0.6 is 34.0 Å². The molecule has 0 aliphatic heterocycles. The zero-order valence-electron chi connectivity index (χ0n) is 15.4. The number of aliphatic hydroxyl groups excluding tert-OH is 1. The van der Waals surface area contributed by atoms with Gasteiger partial charge in [0.05, 0.1) is 20.0 Å². The van der Waals surface area contributed by atoms with Crippen molar-refractivity contribution in [3.05, 3.63) is 85.7 Å². The number of aromatic nitrogens is 1. The van der Waals surface area contributed by atoms with Crippen molar-refractivity contribution in [3.8, 4) is 0 Å². The monoisotopic (exact) mass is 433 g/mol. The maximum atomic E-state index is 13.3. The smallest absolute Gasteiger partial charge is 0.209 e. The van der Waals surface area contributed by atoms with Gasteiger partial charge in [-0.2, -0.15) is 0 Å². The number of ketones is 1. The van der Waals surface area contributed by atoms with Gasteiger partial charge in [-0.25, -0.2) is 4.98 Å². The van der Waals surface area contributed by atoms with Crippen LogP contribution in [0.2, 0.25) is 0 Å². The van der Waals surface area contributed by atoms with Gasteiger partial charge in [0.2, 0.25) is 5.78 Å². The van der Waals surface area contributed by atoms with Crippen LogP contribution in [0.3, 0.4) is 0 Å². The molecular formula is C23H15NO2S3. The zero-order valence-corrected chi connectivity index (χ0v) is 17.8. The average Bonchev–Trinajstić information content (AvgIpc) is 3.49. The molecule has 142 valence electrons. The Morgan fingerprint density at radius 3 is 2.41 bits per heavy atom. The van der Waals surface area contributed by atoms with E-state index in [2.05, 4.69) is 19.1 Å². The number of allylic oxidation sites excluding steroid dienone is 1. The van der Waals surface area contributed by atoms with Crippen molar-refractivity contribution < 1.29 is 9.90 Å². The third-order valence-electron chi connectivity index (χ3n) is 4.75. The maximum Gasteiger partial charge on any atom is 0.209 e. The molecule has 0 spiro atoms. The van der Waals surface area contributed by atoms with Gasteiger partial charge in [-0.05, 0) is 46.8 Å². The first kappa shape index (κ1) is 18.2. The summed E-state index contributed by atoms with van der Waals surface area (Å²) < 4.78 is 1.04. The second kappa shape index (κ2) is 7.22. The number of aryl methyl sites for hydroxylation is 1. The molecule has 0 atom stereocenters. The highest BCUT2D eigenvalue weighted by atomic mass is 32.1. The summed E-state index contributed by atoms with van der Waals surface area (Å²) in [7, 11) is 0. The van der Waals surface area contributed by atoms with Crippen LogP contribution in [0.1, 0.15) is 25.1 Å². The van der Waals surface area contributed by atoms with Gasteiger partial charge in [-0.15, -0.1) is 34.0 Å². The number of thiazole rings is 1. The summed E-state index contributed by atoms with van der Waals surface area (Å²) in [6.07, 6.45) is 0. The number of carbonyl (C=O) groups excluding carboxylic acids is 1. The summed E-state index contributed by atoms with van der Waals surface area (Å²) in [4.78, 5) is 19.4. The second-order valence-electron chi connectivity index (χ2n) is 6.62. The molecule has 0 fully saturated rings. The Morgan fingerprint density at radius 2 is 1.69 bits per heavy atom. The predicted octanol–water partition coefficient (Wildman–Crippen LogP) is 7.19. The molecule has 0 aliphatic rings. The van der Waals surface area contributed by atoms with E-state index in [1.807, 2.05) is 47.2 Å². The molecule has 0 radical (unpaired) electrons. The SMILES string of the molecule is Cc1cc2ccccc2c2nc(C(C(=O)c3cccs3)=C(O)c3cccs3)sc12. The van der Waals surface area contributed by atoms with Gasteiger partial charge in [0.25, 0.3) is 0 Å². The van der Waals surface area contributed by atoms with Crippen molar-refractivity contribution in [1.29, 1.82) is 0 Å². The normalized spacial score (nSPS) is 12.4. The second-order valence-corrected chi connectivity index (χ2v) is 9.51. The molecule has 3 nitrogen and oxygen atoms in total. The number of fused-ring (bicyclic) bond motifs is 3. The third-order valence-corrected chi connectivity index (χ3v) is 7.70. The minimum absolute atomic E-state index is 0.0144. The number of benzene rings is 2. The van der Waals surface area contributed by atoms with E-state index in [0.717, 1.165) is 26.6 Å². The van der Waals surface area contributed by atoms with Crippen LogP contribution in [-0.2, 0) is 0 Å². The Morgan fingerprint density at radius 1 is 0.966 bits per heavy atom. The molecule has 3 heterocycles. The standard InChI is InChI=1S/C23H15NO2S3/c1-13-12-14-6-2-3-7-15(14)19-22(13)29-23(24-19)18(20(25)16-8-4-10-27-16)21(26)17-9-5-11-28-17/h2-12,25H,1H3. The zero-order chi connectivity index (χ0) is 20.0. The summed E-state index contributed by atoms with van der Waals surface area (Å²) in [5.41, 5.74) is 2.25. The van der Waals surface area contributed by atoms with Gasteiger partial charge >= 0.3 is 0 Å². The number of rotatable bonds is 4. The van der Waals surface area contributed by atoms with E-state index in [9.17, 15) is 9.90 Å². The van der Waals surface area contributed by atoms with E-state index in [1.165, 1.54) is 34.0 Å². The van der Waals surface area contributed by atoms with Crippen molar-refractivity contribution in [1.82, 2.24) is 4.98 Å². The lowest BCUT2D eigenvalue weighted by molar-refractivity contribution is 0.105. The molecule has 6 heteroatoms. The molecule has 0 amide bonds. The Hall–Kier alpha value is -2.80. The number of thiophene rings is 2. The lowest BCUT2D eigenvalue weighted by Gasteiger charge is -2.05. The fraction of sp³-hybridized carbons (Fsp3) is 0.0435. The fourth-order valence-corrected chi connectivity index (χ4v) is 5.83. The Balaban J connectivity index is 1.80. The first-order valence-corrected chi connectivity index (χ1v) is 11.6. The Labute approximate surface area is 179 Å². The number of nitrogens with zero attached hydrogens (tertiary/aromatic N) is 1. The molecule has 0 aliphatic carbocycles. The average molecular weight is 434 g/mol. The lowest BCUT2D eigenvalue weighted by Crippen LogP contribution is -2.03. The molecule has 3 aromatic heterocycles. The Kier molecular flexibility index (Phi) is 4.54. The summed E-state index contributed by atoms with van der Waals surface area (Å²) in [5.74, 6) is -0.216. The molecular weight excluding hydrogens is 418 g/mol. The molecule has 5 aromatic rings. The fourth-order valence-electron chi connectivity index (χ4n) is 3.39. The molecule has 0 unspecified atom stereocenters. The first-order valence-electron chi connectivity index (χ1n) is 8.98. The largest absolute Gasteiger partial charge is 0.506 e. The van der Waals surface area contributed by atoms with Gasteiger partial charge in [-0.1, -0.05) is 36.4 Å². The number of hydrogen-bond acceptors (Lipinski definition) is 6. The van der Waals surface area contributed by atoms with Crippen LogP contribution < -0.4 is 0 Å². The van der Waals surface area contributed by atoms with Gasteiger partial charge in [0, 0.05) is 5.39 Å². The molecule has 0 saturated heterocycles. The maximum absolute atomic E-state index is 13.3. The van der Waals surface area contributed by atoms with Crippen LogP contribution in [0, 0.1) is 6.92 Å². The van der Waals surface area contributed by atoms with Crippen LogP contribution in [-0.4, -0.2) is 15.9 Å². The van der Waals surface area contributed by atoms with Gasteiger partial charge < -0.3 is 5.11 Å². The van der Waals surface area contributed by atoms with Crippen molar-refractivity contribution >= 4 is 72.1 Å². The summed E-state index contributed by atoms with van der Waals surface area (Å²) in [6.45, 7) is 2.06. The van der Waals surface area contributed by atoms with Crippen molar-refractivity contribution in [2.24, 2.45) is 0 Å². The van der Waals surface area contributed by atoms with E-state index in [4.69, 9.17) is 4.98 Å². The van der Waals surface area contributed by atoms with Crippen molar-refractivity contribution in [2.45, 2.75) is 6.92 Å². The third kappa shape index (κ3) is 3.09. The highest BCUT2D eigenvalue weighted by Gasteiger charge is 2.25. The lowest BCUT2D eigenvalue weighted by atomic mass is 10.1. The van der Waals surface area contributed by atoms with Gasteiger partial charge in [0.15, 0.2) is 0 Å². The number of Topliss-reactive ketones (excluding diaryl/α,β-unsaturated/α-hetero) is 1. The predicted molar refractivity (Wildman–Crippen MR) is 124 cm³/mol. The minimum atomic E-state index is -0.202. The van der Waals surface area contributed by atoms with Crippen molar-refractivity contribution in [3.63, 3.8) is 0 Å². The molecule has 1 N–H and O–H groups in total. The minimum Gasteiger partial charge on any atom is -0.506 e. The number of hydrogen-bond donors (Lipinski definition) is 1. The topological polar surface area (TPSA) is 50.2 Å². The van der Waals surface area contributed by atoms with Crippen LogP contribution in [0.5, 0.6) is 0 Å². The van der Waals surface area contributed by atoms with E-state index in [-0.39, 0.29) is 17.1 Å². The summed E-state index contributed by atoms with van der Waals surface area (Å²) in [6, 6.07) is 17.6. The number of carbonyl (C=O) groups is 1. The highest BCUT2D eigenvalue weighted by molar-refractivity contribution is 7.20. The van der Waals surface area contributed by atoms with Crippen LogP contribution in [0.4, 0.5) is 0 Å². The Bertz CT molecular complexity index is 1380. The van der Waals surface area contributed by atoms with E-state index >= 15 is 0 Å². The number of aliphatic hydroxyl groups is 1. The van der Waals surface area contributed by atoms with Crippen LogP contribution in [0.15, 0.2) is 65.4 Å². The summed E-state index contributed by atoms with van der Waals surface area (Å²) in [5, 5.41) is 17.5. The van der Waals surface area contributed by atoms with E-state index < -0.39 is 0 Å². The van der Waals surface area contributed by atoms with E-state index in [1.54, 1.807) is 6.07 Å².